The zero-order chi connectivity index (χ0) is 18.6. The predicted molar refractivity (Wildman–Crippen MR) is 103 cm³/mol. The second-order valence-corrected chi connectivity index (χ2v) is 8.56. The molecule has 2 heterocycles. The summed E-state index contributed by atoms with van der Waals surface area (Å²) in [6, 6.07) is 13.3. The molecule has 1 aliphatic heterocycles. The van der Waals surface area contributed by atoms with E-state index in [0.717, 1.165) is 12.2 Å². The van der Waals surface area contributed by atoms with Crippen LogP contribution in [0.15, 0.2) is 53.1 Å². The molecule has 0 bridgehead atoms. The molecule has 2 aromatic rings. The number of thioether (sulfide) groups is 1. The maximum atomic E-state index is 13.1. The Morgan fingerprint density at radius 1 is 1.27 bits per heavy atom. The Hall–Kier alpha value is -2.21. The summed E-state index contributed by atoms with van der Waals surface area (Å²) in [6.45, 7) is 4.73. The molecular weight excluding hydrogens is 348 g/mol. The van der Waals surface area contributed by atoms with Gasteiger partial charge in [-0.3, -0.25) is 9.59 Å². The number of rotatable bonds is 6. The minimum Gasteiger partial charge on any atom is -0.467 e. The van der Waals surface area contributed by atoms with Crippen LogP contribution in [0.25, 0.3) is 0 Å². The van der Waals surface area contributed by atoms with Crippen LogP contribution >= 0.6 is 11.8 Å². The van der Waals surface area contributed by atoms with Gasteiger partial charge in [-0.05, 0) is 38.0 Å². The molecule has 0 aliphatic carbocycles. The van der Waals surface area contributed by atoms with Crippen molar-refractivity contribution in [2.75, 3.05) is 12.3 Å². The number of carbonyl (C=O) groups excluding carboxylic acids is 2. The summed E-state index contributed by atoms with van der Waals surface area (Å²) in [5, 5.41) is 2.88. The Labute approximate surface area is 158 Å². The highest BCUT2D eigenvalue weighted by molar-refractivity contribution is 8.01. The Kier molecular flexibility index (Phi) is 5.71. The lowest BCUT2D eigenvalue weighted by Gasteiger charge is -2.35. The lowest BCUT2D eigenvalue weighted by Crippen LogP contribution is -2.57. The summed E-state index contributed by atoms with van der Waals surface area (Å²) in [4.78, 5) is 27.1. The number of furan rings is 1. The largest absolute Gasteiger partial charge is 0.467 e. The van der Waals surface area contributed by atoms with Crippen molar-refractivity contribution < 1.29 is 14.0 Å². The van der Waals surface area contributed by atoms with E-state index in [1.807, 2.05) is 44.2 Å². The number of carbonyl (C=O) groups is 2. The van der Waals surface area contributed by atoms with Gasteiger partial charge in [-0.1, -0.05) is 30.3 Å². The zero-order valence-corrected chi connectivity index (χ0v) is 15.9. The molecule has 0 saturated carbocycles. The first-order valence-electron chi connectivity index (χ1n) is 8.76. The molecule has 138 valence electrons. The molecule has 5 nitrogen and oxygen atoms in total. The van der Waals surface area contributed by atoms with Crippen molar-refractivity contribution in [3.63, 3.8) is 0 Å². The second-order valence-electron chi connectivity index (χ2n) is 6.92. The number of nitrogens with one attached hydrogen (secondary N) is 1. The minimum atomic E-state index is -0.494. The van der Waals surface area contributed by atoms with Gasteiger partial charge in [0, 0.05) is 12.3 Å². The van der Waals surface area contributed by atoms with Crippen molar-refractivity contribution in [1.82, 2.24) is 10.2 Å². The quantitative estimate of drug-likeness (QED) is 0.847. The summed E-state index contributed by atoms with van der Waals surface area (Å²) in [5.74, 6) is 1.17. The van der Waals surface area contributed by atoms with E-state index in [1.165, 1.54) is 17.3 Å². The fourth-order valence-electron chi connectivity index (χ4n) is 2.85. The van der Waals surface area contributed by atoms with Gasteiger partial charge in [0.2, 0.25) is 11.8 Å². The van der Waals surface area contributed by atoms with E-state index in [0.29, 0.717) is 18.8 Å². The summed E-state index contributed by atoms with van der Waals surface area (Å²) in [5.41, 5.74) is 1.17. The monoisotopic (exact) mass is 372 g/mol. The SMILES string of the molecule is CC1(C)SC[C@H](C(=O)N(CCc2ccccc2)Cc2ccco2)NC1=O. The molecule has 6 heteroatoms. The van der Waals surface area contributed by atoms with E-state index in [1.54, 1.807) is 11.2 Å². The Morgan fingerprint density at radius 2 is 2.04 bits per heavy atom. The van der Waals surface area contributed by atoms with Crippen molar-refractivity contribution in [2.24, 2.45) is 0 Å². The average Bonchev–Trinajstić information content (AvgIpc) is 3.14. The average molecular weight is 372 g/mol. The molecule has 1 aliphatic rings. The molecule has 0 unspecified atom stereocenters. The number of benzene rings is 1. The lowest BCUT2D eigenvalue weighted by molar-refractivity contribution is -0.137. The smallest absolute Gasteiger partial charge is 0.246 e. The van der Waals surface area contributed by atoms with Gasteiger partial charge < -0.3 is 14.6 Å². The van der Waals surface area contributed by atoms with Crippen LogP contribution in [0.5, 0.6) is 0 Å². The first-order chi connectivity index (χ1) is 12.5. The van der Waals surface area contributed by atoms with Crippen LogP contribution in [0, 0.1) is 0 Å². The molecule has 3 rings (SSSR count). The molecule has 26 heavy (non-hydrogen) atoms. The molecule has 1 aromatic carbocycles. The Balaban J connectivity index is 1.69. The highest BCUT2D eigenvalue weighted by atomic mass is 32.2. The molecule has 0 spiro atoms. The zero-order valence-electron chi connectivity index (χ0n) is 15.1. The fraction of sp³-hybridized carbons (Fsp3) is 0.400. The van der Waals surface area contributed by atoms with E-state index >= 15 is 0 Å². The molecule has 1 saturated heterocycles. The predicted octanol–water partition coefficient (Wildman–Crippen LogP) is 2.86. The van der Waals surface area contributed by atoms with E-state index in [2.05, 4.69) is 17.4 Å². The van der Waals surface area contributed by atoms with Crippen LogP contribution in [0.2, 0.25) is 0 Å². The van der Waals surface area contributed by atoms with E-state index in [-0.39, 0.29) is 11.8 Å². The van der Waals surface area contributed by atoms with Crippen LogP contribution in [0.3, 0.4) is 0 Å². The molecule has 0 radical (unpaired) electrons. The highest BCUT2D eigenvalue weighted by Crippen LogP contribution is 2.29. The number of amides is 2. The molecule has 1 N–H and O–H groups in total. The third-order valence-electron chi connectivity index (χ3n) is 4.51. The maximum absolute atomic E-state index is 13.1. The molecular formula is C20H24N2O3S. The summed E-state index contributed by atoms with van der Waals surface area (Å²) in [6.07, 6.45) is 2.36. The first kappa shape index (κ1) is 18.6. The first-order valence-corrected chi connectivity index (χ1v) is 9.74. The van der Waals surface area contributed by atoms with E-state index < -0.39 is 10.8 Å². The van der Waals surface area contributed by atoms with Crippen LogP contribution in [0.4, 0.5) is 0 Å². The lowest BCUT2D eigenvalue weighted by atomic mass is 10.1. The standard InChI is InChI=1S/C20H24N2O3S/c1-20(2)19(24)21-17(14-26-20)18(23)22(13-16-9-6-12-25-16)11-10-15-7-4-3-5-8-15/h3-9,12,17H,10-11,13-14H2,1-2H3,(H,21,24)/t17-/m1/s1. The third kappa shape index (κ3) is 4.49. The van der Waals surface area contributed by atoms with Gasteiger partial charge in [0.1, 0.15) is 11.8 Å². The normalized spacial score (nSPS) is 19.0. The van der Waals surface area contributed by atoms with Gasteiger partial charge in [-0.15, -0.1) is 11.8 Å². The van der Waals surface area contributed by atoms with E-state index in [9.17, 15) is 9.59 Å². The van der Waals surface area contributed by atoms with Crippen molar-refractivity contribution in [3.8, 4) is 0 Å². The molecule has 1 atom stereocenters. The Bertz CT molecular complexity index is 744. The van der Waals surface area contributed by atoms with Crippen LogP contribution in [-0.4, -0.2) is 39.8 Å². The summed E-state index contributed by atoms with van der Waals surface area (Å²) < 4.78 is 4.93. The molecule has 2 amide bonds. The van der Waals surface area contributed by atoms with Crippen molar-refractivity contribution in [3.05, 3.63) is 60.1 Å². The van der Waals surface area contributed by atoms with Crippen molar-refractivity contribution in [2.45, 2.75) is 37.6 Å². The minimum absolute atomic E-state index is 0.0614. The molecule has 1 aromatic heterocycles. The Morgan fingerprint density at radius 3 is 2.69 bits per heavy atom. The number of nitrogens with zero attached hydrogens (tertiary/aromatic N) is 1. The summed E-state index contributed by atoms with van der Waals surface area (Å²) >= 11 is 1.52. The van der Waals surface area contributed by atoms with Crippen molar-refractivity contribution in [1.29, 1.82) is 0 Å². The van der Waals surface area contributed by atoms with Gasteiger partial charge in [0.05, 0.1) is 17.6 Å². The van der Waals surface area contributed by atoms with Gasteiger partial charge in [-0.25, -0.2) is 0 Å². The van der Waals surface area contributed by atoms with Crippen LogP contribution in [0.1, 0.15) is 25.2 Å². The molecule has 1 fully saturated rings. The van der Waals surface area contributed by atoms with E-state index in [4.69, 9.17) is 4.42 Å². The van der Waals surface area contributed by atoms with Gasteiger partial charge in [-0.2, -0.15) is 0 Å². The number of hydrogen-bond acceptors (Lipinski definition) is 4. The van der Waals surface area contributed by atoms with Crippen molar-refractivity contribution >= 4 is 23.6 Å². The van der Waals surface area contributed by atoms with Gasteiger partial charge in [0.25, 0.3) is 0 Å². The fourth-order valence-corrected chi connectivity index (χ4v) is 3.85. The second kappa shape index (κ2) is 7.99. The van der Waals surface area contributed by atoms with Crippen LogP contribution in [-0.2, 0) is 22.6 Å². The highest BCUT2D eigenvalue weighted by Gasteiger charge is 2.39. The van der Waals surface area contributed by atoms with Gasteiger partial charge in [0.15, 0.2) is 0 Å². The maximum Gasteiger partial charge on any atom is 0.246 e. The third-order valence-corrected chi connectivity index (χ3v) is 5.92. The van der Waals surface area contributed by atoms with Gasteiger partial charge >= 0.3 is 0 Å². The summed E-state index contributed by atoms with van der Waals surface area (Å²) in [7, 11) is 0. The van der Waals surface area contributed by atoms with Crippen LogP contribution < -0.4 is 5.32 Å². The number of hydrogen-bond donors (Lipinski definition) is 1. The topological polar surface area (TPSA) is 62.6 Å².